The lowest BCUT2D eigenvalue weighted by Gasteiger charge is -2.16. The molecule has 0 heterocycles. The van der Waals surface area contributed by atoms with Gasteiger partial charge in [-0.2, -0.15) is 8.42 Å². The van der Waals surface area contributed by atoms with Gasteiger partial charge >= 0.3 is 0 Å². The van der Waals surface area contributed by atoms with Crippen molar-refractivity contribution in [3.63, 3.8) is 0 Å². The van der Waals surface area contributed by atoms with E-state index in [-0.39, 0.29) is 5.56 Å². The lowest BCUT2D eigenvalue weighted by Crippen LogP contribution is -2.47. The van der Waals surface area contributed by atoms with E-state index < -0.39 is 32.9 Å². The molecule has 0 radical (unpaired) electrons. The number of aryl methyl sites for hydroxylation is 1. The summed E-state index contributed by atoms with van der Waals surface area (Å²) in [7, 11) is -4.44. The molecule has 2 aromatic rings. The van der Waals surface area contributed by atoms with E-state index in [1.165, 1.54) is 19.1 Å². The third kappa shape index (κ3) is 5.68. The fraction of sp³-hybridized carbons (Fsp3) is 0.176. The summed E-state index contributed by atoms with van der Waals surface area (Å²) in [5.74, 6) is -0.915. The van der Waals surface area contributed by atoms with Crippen LogP contribution in [0.2, 0.25) is 5.02 Å². The highest BCUT2D eigenvalue weighted by atomic mass is 35.5. The zero-order chi connectivity index (χ0) is 20.2. The summed E-state index contributed by atoms with van der Waals surface area (Å²) < 4.78 is 36.8. The van der Waals surface area contributed by atoms with E-state index in [1.54, 1.807) is 25.1 Å². The largest absolute Gasteiger partial charge is 0.481 e. The number of carbonyl (C=O) groups is 2. The maximum absolute atomic E-state index is 12.1. The van der Waals surface area contributed by atoms with Crippen LogP contribution in [0.4, 0.5) is 0 Å². The smallest absolute Gasteiger partial charge is 0.294 e. The average molecular weight is 413 g/mol. The minimum Gasteiger partial charge on any atom is -0.481 e. The zero-order valence-electron chi connectivity index (χ0n) is 14.4. The molecule has 2 amide bonds. The predicted octanol–water partition coefficient (Wildman–Crippen LogP) is 2.12. The van der Waals surface area contributed by atoms with Gasteiger partial charge < -0.3 is 4.74 Å². The van der Waals surface area contributed by atoms with E-state index in [1.807, 2.05) is 0 Å². The molecule has 0 aliphatic heterocycles. The van der Waals surface area contributed by atoms with Crippen LogP contribution in [0.5, 0.6) is 5.75 Å². The van der Waals surface area contributed by atoms with E-state index in [4.69, 9.17) is 20.9 Å². The monoisotopic (exact) mass is 412 g/mol. The number of ether oxygens (including phenoxy) is 1. The molecule has 1 unspecified atom stereocenters. The zero-order valence-corrected chi connectivity index (χ0v) is 16.0. The maximum Gasteiger partial charge on any atom is 0.294 e. The molecule has 1 atom stereocenters. The third-order valence-corrected chi connectivity index (χ3v) is 4.59. The number of hydrogen-bond acceptors (Lipinski definition) is 5. The molecule has 3 N–H and O–H groups in total. The summed E-state index contributed by atoms with van der Waals surface area (Å²) in [6.45, 7) is 3.27. The number of carbonyl (C=O) groups excluding carboxylic acids is 2. The van der Waals surface area contributed by atoms with Crippen molar-refractivity contribution in [3.05, 3.63) is 58.6 Å². The van der Waals surface area contributed by atoms with E-state index in [2.05, 4.69) is 10.9 Å². The van der Waals surface area contributed by atoms with Crippen LogP contribution in [-0.2, 0) is 14.9 Å². The van der Waals surface area contributed by atoms with Crippen molar-refractivity contribution in [3.8, 4) is 5.75 Å². The van der Waals surface area contributed by atoms with Gasteiger partial charge in [0.2, 0.25) is 0 Å². The van der Waals surface area contributed by atoms with Crippen LogP contribution in [0.3, 0.4) is 0 Å². The van der Waals surface area contributed by atoms with Crippen molar-refractivity contribution < 1.29 is 27.3 Å². The second kappa shape index (κ2) is 8.38. The number of halogens is 1. The Morgan fingerprint density at radius 2 is 1.85 bits per heavy atom. The summed E-state index contributed by atoms with van der Waals surface area (Å²) in [6, 6.07) is 9.66. The first-order valence-electron chi connectivity index (χ1n) is 7.68. The minimum absolute atomic E-state index is 0.0625. The lowest BCUT2D eigenvalue weighted by atomic mass is 10.2. The van der Waals surface area contributed by atoms with E-state index >= 15 is 0 Å². The van der Waals surface area contributed by atoms with Crippen LogP contribution in [0.25, 0.3) is 0 Å². The molecular formula is C17H17ClN2O6S. The molecule has 2 aromatic carbocycles. The number of hydrogen-bond donors (Lipinski definition) is 3. The van der Waals surface area contributed by atoms with E-state index in [9.17, 15) is 18.0 Å². The number of hydrazine groups is 1. The summed E-state index contributed by atoms with van der Waals surface area (Å²) in [5, 5.41) is 0.538. The number of nitrogens with one attached hydrogen (secondary N) is 2. The lowest BCUT2D eigenvalue weighted by molar-refractivity contribution is -0.128. The van der Waals surface area contributed by atoms with Gasteiger partial charge in [0, 0.05) is 10.6 Å². The second-order valence-corrected chi connectivity index (χ2v) is 7.47. The first-order valence-corrected chi connectivity index (χ1v) is 9.50. The third-order valence-electron chi connectivity index (χ3n) is 3.50. The molecule has 27 heavy (non-hydrogen) atoms. The molecule has 0 aliphatic rings. The summed E-state index contributed by atoms with van der Waals surface area (Å²) in [4.78, 5) is 23.7. The molecule has 0 aromatic heterocycles. The fourth-order valence-electron chi connectivity index (χ4n) is 2.08. The Bertz CT molecular complexity index is 977. The molecule has 0 saturated heterocycles. The molecule has 10 heteroatoms. The van der Waals surface area contributed by atoms with Crippen LogP contribution in [-0.4, -0.2) is 30.9 Å². The van der Waals surface area contributed by atoms with Crippen LogP contribution in [0.1, 0.15) is 22.8 Å². The number of rotatable bonds is 5. The van der Waals surface area contributed by atoms with Crippen LogP contribution < -0.4 is 15.6 Å². The molecule has 0 spiro atoms. The van der Waals surface area contributed by atoms with Gasteiger partial charge in [-0.1, -0.05) is 17.7 Å². The Morgan fingerprint density at radius 1 is 1.15 bits per heavy atom. The predicted molar refractivity (Wildman–Crippen MR) is 98.1 cm³/mol. The quantitative estimate of drug-likeness (QED) is 0.510. The first-order chi connectivity index (χ1) is 12.6. The van der Waals surface area contributed by atoms with Crippen molar-refractivity contribution in [1.82, 2.24) is 10.9 Å². The van der Waals surface area contributed by atoms with Gasteiger partial charge in [-0.3, -0.25) is 25.0 Å². The molecule has 0 fully saturated rings. The topological polar surface area (TPSA) is 122 Å². The van der Waals surface area contributed by atoms with Gasteiger partial charge in [0.05, 0.1) is 4.90 Å². The Balaban J connectivity index is 1.97. The molecule has 0 bridgehead atoms. The van der Waals surface area contributed by atoms with Crippen molar-refractivity contribution in [1.29, 1.82) is 0 Å². The Hall–Kier alpha value is -2.62. The Kier molecular flexibility index (Phi) is 6.42. The van der Waals surface area contributed by atoms with Crippen molar-refractivity contribution in [2.45, 2.75) is 24.8 Å². The average Bonchev–Trinajstić information content (AvgIpc) is 2.61. The highest BCUT2D eigenvalue weighted by molar-refractivity contribution is 7.85. The van der Waals surface area contributed by atoms with Crippen molar-refractivity contribution >= 4 is 33.5 Å². The van der Waals surface area contributed by atoms with E-state index in [0.29, 0.717) is 10.8 Å². The van der Waals surface area contributed by atoms with Gasteiger partial charge in [-0.15, -0.1) is 0 Å². The standard InChI is InChI=1S/C17H17ClN2O6S/c1-10-8-13(18)6-7-15(10)26-11(2)16(21)19-20-17(22)12-4-3-5-14(9-12)27(23,24)25/h3-9,11H,1-2H3,(H,19,21)(H,20,22)(H,23,24,25). The summed E-state index contributed by atoms with van der Waals surface area (Å²) >= 11 is 5.86. The first kappa shape index (κ1) is 20.7. The number of amides is 2. The highest BCUT2D eigenvalue weighted by Gasteiger charge is 2.18. The molecular weight excluding hydrogens is 396 g/mol. The van der Waals surface area contributed by atoms with Gasteiger partial charge in [0.15, 0.2) is 6.10 Å². The van der Waals surface area contributed by atoms with Gasteiger partial charge in [-0.05, 0) is 55.8 Å². The van der Waals surface area contributed by atoms with Gasteiger partial charge in [-0.25, -0.2) is 0 Å². The minimum atomic E-state index is -4.44. The molecule has 8 nitrogen and oxygen atoms in total. The van der Waals surface area contributed by atoms with Crippen molar-refractivity contribution in [2.24, 2.45) is 0 Å². The maximum atomic E-state index is 12.1. The Labute approximate surface area is 161 Å². The number of benzene rings is 2. The van der Waals surface area contributed by atoms with E-state index in [0.717, 1.165) is 17.7 Å². The summed E-state index contributed by atoms with van der Waals surface area (Å²) in [6.07, 6.45) is -0.922. The molecule has 2 rings (SSSR count). The van der Waals surface area contributed by atoms with Crippen molar-refractivity contribution in [2.75, 3.05) is 0 Å². The SMILES string of the molecule is Cc1cc(Cl)ccc1OC(C)C(=O)NNC(=O)c1cccc(S(=O)(=O)O)c1. The fourth-order valence-corrected chi connectivity index (χ4v) is 2.83. The van der Waals surface area contributed by atoms with Crippen LogP contribution in [0.15, 0.2) is 47.4 Å². The van der Waals surface area contributed by atoms with Crippen LogP contribution in [0, 0.1) is 6.92 Å². The molecule has 0 saturated carbocycles. The molecule has 144 valence electrons. The summed E-state index contributed by atoms with van der Waals surface area (Å²) in [5.41, 5.74) is 5.02. The second-order valence-electron chi connectivity index (χ2n) is 5.62. The normalized spacial score (nSPS) is 12.1. The van der Waals surface area contributed by atoms with Crippen LogP contribution >= 0.6 is 11.6 Å². The Morgan fingerprint density at radius 3 is 2.48 bits per heavy atom. The van der Waals surface area contributed by atoms with Gasteiger partial charge in [0.25, 0.3) is 21.9 Å². The molecule has 0 aliphatic carbocycles. The van der Waals surface area contributed by atoms with Gasteiger partial charge in [0.1, 0.15) is 5.75 Å². The highest BCUT2D eigenvalue weighted by Crippen LogP contribution is 2.22.